The molecule has 1 N–H and O–H groups in total. The summed E-state index contributed by atoms with van der Waals surface area (Å²) < 4.78 is 4.62. The standard InChI is InChI=1S/C20H21N3O4/c1-27-20(26)15-7-9-16(10-8-15)21-18(24)19(25)23-13-11-22(12-14-23)17-5-3-2-4-6-17/h2-10H,11-14H2,1H3,(H,21,24). The third-order valence-corrected chi connectivity index (χ3v) is 4.45. The number of ether oxygens (including phenoxy) is 1. The zero-order valence-corrected chi connectivity index (χ0v) is 15.1. The summed E-state index contributed by atoms with van der Waals surface area (Å²) in [5, 5.41) is 2.57. The molecular formula is C20H21N3O4. The number of anilines is 2. The van der Waals surface area contributed by atoms with E-state index in [1.54, 1.807) is 17.0 Å². The SMILES string of the molecule is COC(=O)c1ccc(NC(=O)C(=O)N2CCN(c3ccccc3)CC2)cc1. The average Bonchev–Trinajstić information content (AvgIpc) is 2.74. The zero-order chi connectivity index (χ0) is 19.2. The predicted molar refractivity (Wildman–Crippen MR) is 102 cm³/mol. The van der Waals surface area contributed by atoms with Gasteiger partial charge in [-0.2, -0.15) is 0 Å². The van der Waals surface area contributed by atoms with Crippen LogP contribution in [0.5, 0.6) is 0 Å². The predicted octanol–water partition coefficient (Wildman–Crippen LogP) is 1.76. The van der Waals surface area contributed by atoms with E-state index in [4.69, 9.17) is 0 Å². The maximum atomic E-state index is 12.4. The van der Waals surface area contributed by atoms with Crippen molar-refractivity contribution < 1.29 is 19.1 Å². The van der Waals surface area contributed by atoms with Crippen molar-refractivity contribution in [2.75, 3.05) is 43.5 Å². The Morgan fingerprint density at radius 1 is 0.889 bits per heavy atom. The number of hydrogen-bond acceptors (Lipinski definition) is 5. The van der Waals surface area contributed by atoms with Crippen LogP contribution in [0.3, 0.4) is 0 Å². The van der Waals surface area contributed by atoms with E-state index in [0.29, 0.717) is 37.4 Å². The number of amides is 2. The van der Waals surface area contributed by atoms with Gasteiger partial charge in [-0.3, -0.25) is 9.59 Å². The van der Waals surface area contributed by atoms with E-state index in [9.17, 15) is 14.4 Å². The van der Waals surface area contributed by atoms with E-state index in [2.05, 4.69) is 15.0 Å². The van der Waals surface area contributed by atoms with Gasteiger partial charge in [-0.05, 0) is 36.4 Å². The van der Waals surface area contributed by atoms with Gasteiger partial charge in [0.05, 0.1) is 12.7 Å². The molecule has 1 aliphatic heterocycles. The number of nitrogens with zero attached hydrogens (tertiary/aromatic N) is 2. The zero-order valence-electron chi connectivity index (χ0n) is 15.1. The third-order valence-electron chi connectivity index (χ3n) is 4.45. The summed E-state index contributed by atoms with van der Waals surface area (Å²) in [6, 6.07) is 16.2. The Morgan fingerprint density at radius 2 is 1.52 bits per heavy atom. The lowest BCUT2D eigenvalue weighted by Crippen LogP contribution is -2.51. The Labute approximate surface area is 157 Å². The highest BCUT2D eigenvalue weighted by Gasteiger charge is 2.26. The second-order valence-corrected chi connectivity index (χ2v) is 6.14. The second kappa shape index (κ2) is 8.35. The summed E-state index contributed by atoms with van der Waals surface area (Å²) in [6.45, 7) is 2.33. The molecule has 7 heteroatoms. The molecule has 0 spiro atoms. The van der Waals surface area contributed by atoms with E-state index in [1.165, 1.54) is 19.2 Å². The van der Waals surface area contributed by atoms with Crippen molar-refractivity contribution in [3.05, 3.63) is 60.2 Å². The van der Waals surface area contributed by atoms with Crippen LogP contribution in [0.25, 0.3) is 0 Å². The van der Waals surface area contributed by atoms with Gasteiger partial charge >= 0.3 is 17.8 Å². The van der Waals surface area contributed by atoms with Crippen molar-refractivity contribution in [1.82, 2.24) is 4.90 Å². The highest BCUT2D eigenvalue weighted by Crippen LogP contribution is 2.16. The lowest BCUT2D eigenvalue weighted by molar-refractivity contribution is -0.143. The highest BCUT2D eigenvalue weighted by molar-refractivity contribution is 6.39. The number of nitrogens with one attached hydrogen (secondary N) is 1. The van der Waals surface area contributed by atoms with Crippen LogP contribution in [0, 0.1) is 0 Å². The van der Waals surface area contributed by atoms with Crippen molar-refractivity contribution in [2.45, 2.75) is 0 Å². The molecular weight excluding hydrogens is 346 g/mol. The molecule has 0 radical (unpaired) electrons. The van der Waals surface area contributed by atoms with Crippen molar-refractivity contribution in [3.63, 3.8) is 0 Å². The van der Waals surface area contributed by atoms with E-state index in [-0.39, 0.29) is 0 Å². The molecule has 0 saturated carbocycles. The van der Waals surface area contributed by atoms with Crippen molar-refractivity contribution in [2.24, 2.45) is 0 Å². The molecule has 2 amide bonds. The highest BCUT2D eigenvalue weighted by atomic mass is 16.5. The fourth-order valence-electron chi connectivity index (χ4n) is 2.94. The molecule has 3 rings (SSSR count). The topological polar surface area (TPSA) is 78.9 Å². The van der Waals surface area contributed by atoms with Crippen molar-refractivity contribution in [1.29, 1.82) is 0 Å². The molecule has 27 heavy (non-hydrogen) atoms. The van der Waals surface area contributed by atoms with Crippen LogP contribution in [0.1, 0.15) is 10.4 Å². The second-order valence-electron chi connectivity index (χ2n) is 6.14. The Bertz CT molecular complexity index is 813. The summed E-state index contributed by atoms with van der Waals surface area (Å²) in [6.07, 6.45) is 0. The van der Waals surface area contributed by atoms with Crippen molar-refractivity contribution in [3.8, 4) is 0 Å². The third kappa shape index (κ3) is 4.44. The van der Waals surface area contributed by atoms with Crippen LogP contribution in [0.15, 0.2) is 54.6 Å². The smallest absolute Gasteiger partial charge is 0.337 e. The number of esters is 1. The minimum absolute atomic E-state index is 0.374. The number of para-hydroxylation sites is 1. The van der Waals surface area contributed by atoms with Gasteiger partial charge in [-0.15, -0.1) is 0 Å². The Balaban J connectivity index is 1.54. The number of hydrogen-bond donors (Lipinski definition) is 1. The summed E-state index contributed by atoms with van der Waals surface area (Å²) in [5.41, 5.74) is 1.93. The minimum Gasteiger partial charge on any atom is -0.465 e. The fourth-order valence-corrected chi connectivity index (χ4v) is 2.94. The summed E-state index contributed by atoms with van der Waals surface area (Å²) in [7, 11) is 1.30. The molecule has 0 aromatic heterocycles. The number of rotatable bonds is 3. The first-order chi connectivity index (χ1) is 13.1. The number of carbonyl (C=O) groups excluding carboxylic acids is 3. The van der Waals surface area contributed by atoms with E-state index in [0.717, 1.165) is 5.69 Å². The Hall–Kier alpha value is -3.35. The first kappa shape index (κ1) is 18.4. The summed E-state index contributed by atoms with van der Waals surface area (Å²) in [4.78, 5) is 39.8. The largest absolute Gasteiger partial charge is 0.465 e. The number of benzene rings is 2. The molecule has 0 unspecified atom stereocenters. The van der Waals surface area contributed by atoms with E-state index >= 15 is 0 Å². The van der Waals surface area contributed by atoms with Crippen LogP contribution in [-0.4, -0.2) is 56.0 Å². The number of piperazine rings is 1. The summed E-state index contributed by atoms with van der Waals surface area (Å²) >= 11 is 0. The van der Waals surface area contributed by atoms with Gasteiger partial charge in [0, 0.05) is 37.6 Å². The molecule has 0 bridgehead atoms. The molecule has 1 fully saturated rings. The maximum absolute atomic E-state index is 12.4. The molecule has 0 aliphatic carbocycles. The normalized spacial score (nSPS) is 13.8. The van der Waals surface area contributed by atoms with Crippen molar-refractivity contribution >= 4 is 29.2 Å². The molecule has 1 heterocycles. The van der Waals surface area contributed by atoms with Gasteiger partial charge in [-0.25, -0.2) is 4.79 Å². The Kier molecular flexibility index (Phi) is 5.71. The maximum Gasteiger partial charge on any atom is 0.337 e. The number of methoxy groups -OCH3 is 1. The molecule has 1 aliphatic rings. The van der Waals surface area contributed by atoms with Crippen LogP contribution in [0.2, 0.25) is 0 Å². The van der Waals surface area contributed by atoms with Gasteiger partial charge < -0.3 is 19.9 Å². The monoisotopic (exact) mass is 367 g/mol. The minimum atomic E-state index is -0.686. The van der Waals surface area contributed by atoms with Crippen LogP contribution < -0.4 is 10.2 Å². The molecule has 1 saturated heterocycles. The quantitative estimate of drug-likeness (QED) is 0.661. The first-order valence-electron chi connectivity index (χ1n) is 8.67. The fraction of sp³-hybridized carbons (Fsp3) is 0.250. The first-order valence-corrected chi connectivity index (χ1v) is 8.67. The van der Waals surface area contributed by atoms with Crippen LogP contribution in [0.4, 0.5) is 11.4 Å². The van der Waals surface area contributed by atoms with Crippen LogP contribution in [-0.2, 0) is 14.3 Å². The van der Waals surface area contributed by atoms with Gasteiger partial charge in [-0.1, -0.05) is 18.2 Å². The van der Waals surface area contributed by atoms with Crippen LogP contribution >= 0.6 is 0 Å². The molecule has 140 valence electrons. The van der Waals surface area contributed by atoms with E-state index < -0.39 is 17.8 Å². The molecule has 2 aromatic carbocycles. The lowest BCUT2D eigenvalue weighted by Gasteiger charge is -2.35. The van der Waals surface area contributed by atoms with Gasteiger partial charge in [0.2, 0.25) is 0 Å². The van der Waals surface area contributed by atoms with E-state index in [1.807, 2.05) is 30.3 Å². The molecule has 7 nitrogen and oxygen atoms in total. The van der Waals surface area contributed by atoms with Gasteiger partial charge in [0.1, 0.15) is 0 Å². The van der Waals surface area contributed by atoms with Gasteiger partial charge in [0.25, 0.3) is 0 Å². The van der Waals surface area contributed by atoms with Gasteiger partial charge in [0.15, 0.2) is 0 Å². The Morgan fingerprint density at radius 3 is 2.11 bits per heavy atom. The summed E-state index contributed by atoms with van der Waals surface area (Å²) in [5.74, 6) is -1.70. The average molecular weight is 367 g/mol. The lowest BCUT2D eigenvalue weighted by atomic mass is 10.2. The molecule has 0 atom stereocenters. The molecule has 2 aromatic rings. The number of carbonyl (C=O) groups is 3.